The molecule has 0 bridgehead atoms. The Balaban J connectivity index is 1.42. The fourth-order valence-corrected chi connectivity index (χ4v) is 3.83. The number of anilines is 1. The normalized spacial score (nSPS) is 17.8. The lowest BCUT2D eigenvalue weighted by atomic mass is 10.1. The summed E-state index contributed by atoms with van der Waals surface area (Å²) in [7, 11) is 0. The molecule has 8 nitrogen and oxygen atoms in total. The number of halogens is 3. The average molecular weight is 433 g/mol. The number of H-pyrrole nitrogens is 2. The summed E-state index contributed by atoms with van der Waals surface area (Å²) in [5.74, 6) is 0.00338. The zero-order chi connectivity index (χ0) is 22.2. The molecule has 0 aromatic carbocycles. The van der Waals surface area contributed by atoms with E-state index in [1.807, 2.05) is 11.8 Å². The molecule has 0 radical (unpaired) electrons. The molecule has 0 spiro atoms. The van der Waals surface area contributed by atoms with Gasteiger partial charge in [0.1, 0.15) is 11.5 Å². The van der Waals surface area contributed by atoms with Gasteiger partial charge < -0.3 is 15.6 Å². The number of pyridine rings is 1. The summed E-state index contributed by atoms with van der Waals surface area (Å²) in [6, 6.07) is 5.95. The summed E-state index contributed by atoms with van der Waals surface area (Å²) in [5, 5.41) is 7.08. The summed E-state index contributed by atoms with van der Waals surface area (Å²) in [4.78, 5) is 22.6. The summed E-state index contributed by atoms with van der Waals surface area (Å²) in [6.45, 7) is 4.72. The second-order valence-electron chi connectivity index (χ2n) is 7.60. The van der Waals surface area contributed by atoms with Gasteiger partial charge in [-0.2, -0.15) is 18.3 Å². The van der Waals surface area contributed by atoms with Gasteiger partial charge in [0.15, 0.2) is 0 Å². The predicted octanol–water partition coefficient (Wildman–Crippen LogP) is 2.63. The molecule has 1 aliphatic heterocycles. The monoisotopic (exact) mass is 433 g/mol. The fourth-order valence-electron chi connectivity index (χ4n) is 3.83. The van der Waals surface area contributed by atoms with Gasteiger partial charge in [0, 0.05) is 44.0 Å². The van der Waals surface area contributed by atoms with Gasteiger partial charge in [-0.3, -0.25) is 14.8 Å². The third-order valence-electron chi connectivity index (χ3n) is 5.41. The lowest BCUT2D eigenvalue weighted by Gasteiger charge is -2.40. The van der Waals surface area contributed by atoms with Crippen LogP contribution in [-0.4, -0.2) is 56.6 Å². The first kappa shape index (κ1) is 20.9. The quantitative estimate of drug-likeness (QED) is 0.574. The molecule has 3 aromatic rings. The molecule has 11 heteroatoms. The molecule has 164 valence electrons. The minimum Gasteiger partial charge on any atom is -0.364 e. The number of hydrogen-bond donors (Lipinski definition) is 3. The van der Waals surface area contributed by atoms with E-state index in [0.717, 1.165) is 35.8 Å². The van der Waals surface area contributed by atoms with E-state index in [-0.39, 0.29) is 6.04 Å². The Morgan fingerprint density at radius 1 is 1.23 bits per heavy atom. The molecule has 3 aromatic heterocycles. The number of nitrogens with zero attached hydrogens (tertiary/aromatic N) is 4. The lowest BCUT2D eigenvalue weighted by Crippen LogP contribution is -2.51. The highest BCUT2D eigenvalue weighted by molar-refractivity contribution is 5.91. The molecule has 1 saturated heterocycles. The van der Waals surface area contributed by atoms with Gasteiger partial charge in [0.25, 0.3) is 5.91 Å². The van der Waals surface area contributed by atoms with Gasteiger partial charge in [0.2, 0.25) is 0 Å². The van der Waals surface area contributed by atoms with Crippen LogP contribution in [0.3, 0.4) is 0 Å². The highest BCUT2D eigenvalue weighted by Crippen LogP contribution is 2.30. The highest BCUT2D eigenvalue weighted by Gasteiger charge is 2.32. The van der Waals surface area contributed by atoms with Crippen LogP contribution in [0, 0.1) is 0 Å². The Morgan fingerprint density at radius 2 is 2.03 bits per heavy atom. The molecular formula is C20H22F3N7O. The maximum Gasteiger partial charge on any atom is 0.417 e. The van der Waals surface area contributed by atoms with E-state index in [2.05, 4.69) is 25.1 Å². The van der Waals surface area contributed by atoms with Gasteiger partial charge >= 0.3 is 6.18 Å². The van der Waals surface area contributed by atoms with Gasteiger partial charge in [0.05, 0.1) is 23.1 Å². The van der Waals surface area contributed by atoms with Gasteiger partial charge in [-0.1, -0.05) is 0 Å². The molecule has 1 amide bonds. The minimum atomic E-state index is -4.39. The van der Waals surface area contributed by atoms with Crippen LogP contribution in [0.1, 0.15) is 28.5 Å². The highest BCUT2D eigenvalue weighted by atomic mass is 19.4. The van der Waals surface area contributed by atoms with Crippen LogP contribution in [0.4, 0.5) is 19.0 Å². The van der Waals surface area contributed by atoms with Crippen molar-refractivity contribution >= 4 is 11.7 Å². The Bertz CT molecular complexity index is 1060. The van der Waals surface area contributed by atoms with Gasteiger partial charge in [-0.05, 0) is 31.2 Å². The van der Waals surface area contributed by atoms with Crippen LogP contribution in [0.5, 0.6) is 0 Å². The van der Waals surface area contributed by atoms with E-state index in [0.29, 0.717) is 31.1 Å². The number of carbonyl (C=O) groups excluding carboxylic acids is 1. The van der Waals surface area contributed by atoms with Crippen molar-refractivity contribution in [2.75, 3.05) is 24.5 Å². The van der Waals surface area contributed by atoms with Crippen LogP contribution in [0.15, 0.2) is 36.7 Å². The van der Waals surface area contributed by atoms with E-state index in [1.165, 1.54) is 6.07 Å². The summed E-state index contributed by atoms with van der Waals surface area (Å²) >= 11 is 0. The van der Waals surface area contributed by atoms with Crippen molar-refractivity contribution in [1.82, 2.24) is 25.1 Å². The van der Waals surface area contributed by atoms with E-state index >= 15 is 0 Å². The first-order valence-corrected chi connectivity index (χ1v) is 9.76. The lowest BCUT2D eigenvalue weighted by molar-refractivity contribution is -0.137. The number of nitrogens with one attached hydrogen (secondary N) is 2. The standard InChI is InChI=1S/C20H22F3N7O/c1-12-10-29(6-7-30(12)17-5-2-14(9-25-17)20(21,22)23)11-13-8-26-28-18(13)15-3-4-16(27-15)19(24)31/h2-5,8-9,12,27H,6-7,10-11H2,1H3,(H2,24,31)(H,26,28)/t12-/m1/s1. The molecule has 4 rings (SSSR count). The van der Waals surface area contributed by atoms with E-state index in [1.54, 1.807) is 18.3 Å². The molecule has 0 unspecified atom stereocenters. The number of piperazine rings is 1. The zero-order valence-electron chi connectivity index (χ0n) is 16.8. The number of amides is 1. The van der Waals surface area contributed by atoms with Crippen molar-refractivity contribution in [1.29, 1.82) is 0 Å². The molecule has 1 atom stereocenters. The third-order valence-corrected chi connectivity index (χ3v) is 5.41. The molecule has 1 aliphatic rings. The van der Waals surface area contributed by atoms with Crippen molar-refractivity contribution < 1.29 is 18.0 Å². The van der Waals surface area contributed by atoms with Crippen LogP contribution >= 0.6 is 0 Å². The SMILES string of the molecule is C[C@@H]1CN(Cc2cn[nH]c2-c2ccc(C(N)=O)[nH]2)CCN1c1ccc(C(F)(F)F)cn1. The molecule has 4 N–H and O–H groups in total. The van der Waals surface area contributed by atoms with Crippen molar-refractivity contribution in [3.05, 3.63) is 53.5 Å². The summed E-state index contributed by atoms with van der Waals surface area (Å²) in [5.41, 5.74) is 7.35. The van der Waals surface area contributed by atoms with Crippen LogP contribution in [0.2, 0.25) is 0 Å². The van der Waals surface area contributed by atoms with Gasteiger partial charge in [-0.25, -0.2) is 4.98 Å². The average Bonchev–Trinajstić information content (AvgIpc) is 3.37. The zero-order valence-corrected chi connectivity index (χ0v) is 16.8. The topological polar surface area (TPSA) is 107 Å². The second kappa shape index (κ2) is 8.06. The Hall–Kier alpha value is -3.34. The fraction of sp³-hybridized carbons (Fsp3) is 0.350. The number of aromatic amines is 2. The maximum absolute atomic E-state index is 12.8. The predicted molar refractivity (Wildman–Crippen MR) is 108 cm³/mol. The van der Waals surface area contributed by atoms with Crippen molar-refractivity contribution in [2.45, 2.75) is 25.7 Å². The number of primary amides is 1. The first-order valence-electron chi connectivity index (χ1n) is 9.76. The Kier molecular flexibility index (Phi) is 5.44. The number of aromatic nitrogens is 4. The summed E-state index contributed by atoms with van der Waals surface area (Å²) < 4.78 is 38.3. The van der Waals surface area contributed by atoms with Gasteiger partial charge in [-0.15, -0.1) is 0 Å². The molecule has 0 saturated carbocycles. The largest absolute Gasteiger partial charge is 0.417 e. The Morgan fingerprint density at radius 3 is 2.65 bits per heavy atom. The molecule has 0 aliphatic carbocycles. The number of nitrogens with two attached hydrogens (primary N) is 1. The van der Waals surface area contributed by atoms with Crippen LogP contribution in [0.25, 0.3) is 11.4 Å². The smallest absolute Gasteiger partial charge is 0.364 e. The Labute approximate surface area is 176 Å². The molecule has 31 heavy (non-hydrogen) atoms. The minimum absolute atomic E-state index is 0.0697. The number of hydrogen-bond acceptors (Lipinski definition) is 5. The van der Waals surface area contributed by atoms with E-state index < -0.39 is 17.6 Å². The number of carbonyl (C=O) groups is 1. The van der Waals surface area contributed by atoms with E-state index in [9.17, 15) is 18.0 Å². The number of alkyl halides is 3. The maximum atomic E-state index is 12.8. The third kappa shape index (κ3) is 4.41. The second-order valence-corrected chi connectivity index (χ2v) is 7.60. The molecule has 1 fully saturated rings. The van der Waals surface area contributed by atoms with Crippen molar-refractivity contribution in [3.63, 3.8) is 0 Å². The first-order chi connectivity index (χ1) is 14.7. The van der Waals surface area contributed by atoms with Crippen LogP contribution in [-0.2, 0) is 12.7 Å². The van der Waals surface area contributed by atoms with Crippen LogP contribution < -0.4 is 10.6 Å². The molecular weight excluding hydrogens is 411 g/mol. The van der Waals surface area contributed by atoms with E-state index in [4.69, 9.17) is 5.73 Å². The number of rotatable bonds is 5. The molecule has 4 heterocycles. The van der Waals surface area contributed by atoms with Crippen molar-refractivity contribution in [3.8, 4) is 11.4 Å². The summed E-state index contributed by atoms with van der Waals surface area (Å²) in [6.07, 6.45) is -1.77. The van der Waals surface area contributed by atoms with Crippen molar-refractivity contribution in [2.24, 2.45) is 5.73 Å².